The van der Waals surface area contributed by atoms with Gasteiger partial charge in [-0.05, 0) is 31.2 Å². The lowest BCUT2D eigenvalue weighted by molar-refractivity contribution is -0.274. The lowest BCUT2D eigenvalue weighted by atomic mass is 10.2. The monoisotopic (exact) mass is 302 g/mol. The summed E-state index contributed by atoms with van der Waals surface area (Å²) in [5.74, 6) is 3.99. The van der Waals surface area contributed by atoms with E-state index >= 15 is 0 Å². The molecule has 0 saturated carbocycles. The molecule has 0 aliphatic heterocycles. The van der Waals surface area contributed by atoms with Crippen LogP contribution in [0, 0.1) is 12.7 Å². The number of rotatable bonds is 3. The first-order valence-electron chi connectivity index (χ1n) is 5.67. The molecule has 5 nitrogen and oxygen atoms in total. The van der Waals surface area contributed by atoms with Crippen molar-refractivity contribution in [1.82, 2.24) is 9.97 Å². The number of nitrogens with one attached hydrogen (secondary N) is 1. The van der Waals surface area contributed by atoms with Crippen LogP contribution in [0.3, 0.4) is 0 Å². The molecule has 2 rings (SSSR count). The molecule has 9 heteroatoms. The van der Waals surface area contributed by atoms with Crippen molar-refractivity contribution >= 4 is 5.82 Å². The van der Waals surface area contributed by atoms with E-state index in [1.165, 1.54) is 19.1 Å². The fourth-order valence-electron chi connectivity index (χ4n) is 1.59. The minimum Gasteiger partial charge on any atom is -0.406 e. The number of benzene rings is 1. The Morgan fingerprint density at radius 3 is 2.29 bits per heavy atom. The highest BCUT2D eigenvalue weighted by Crippen LogP contribution is 2.26. The number of hydrogen-bond acceptors (Lipinski definition) is 5. The van der Waals surface area contributed by atoms with Gasteiger partial charge in [-0.3, -0.25) is 0 Å². The fraction of sp³-hybridized carbons (Fsp3) is 0.167. The highest BCUT2D eigenvalue weighted by molar-refractivity contribution is 5.58. The first-order chi connectivity index (χ1) is 9.80. The minimum atomic E-state index is -4.76. The molecule has 0 unspecified atom stereocenters. The van der Waals surface area contributed by atoms with Crippen LogP contribution in [0.2, 0.25) is 0 Å². The van der Waals surface area contributed by atoms with Gasteiger partial charge in [-0.25, -0.2) is 20.2 Å². The third-order valence-electron chi connectivity index (χ3n) is 2.50. The van der Waals surface area contributed by atoms with Crippen LogP contribution in [-0.4, -0.2) is 16.3 Å². The number of halogens is 4. The van der Waals surface area contributed by atoms with Gasteiger partial charge in [0.1, 0.15) is 5.75 Å². The summed E-state index contributed by atoms with van der Waals surface area (Å²) >= 11 is 0. The van der Waals surface area contributed by atoms with E-state index in [1.54, 1.807) is 0 Å². The summed E-state index contributed by atoms with van der Waals surface area (Å²) in [5, 5.41) is 0. The second kappa shape index (κ2) is 5.52. The van der Waals surface area contributed by atoms with Crippen LogP contribution >= 0.6 is 0 Å². The molecule has 2 aromatic rings. The van der Waals surface area contributed by atoms with Gasteiger partial charge in [0, 0.05) is 5.56 Å². The van der Waals surface area contributed by atoms with Gasteiger partial charge in [-0.15, -0.1) is 13.2 Å². The van der Waals surface area contributed by atoms with Crippen LogP contribution in [-0.2, 0) is 0 Å². The van der Waals surface area contributed by atoms with E-state index in [-0.39, 0.29) is 23.1 Å². The number of nitrogens with zero attached hydrogens (tertiary/aromatic N) is 2. The van der Waals surface area contributed by atoms with Gasteiger partial charge in [-0.2, -0.15) is 0 Å². The minimum absolute atomic E-state index is 0.0589. The number of aromatic nitrogens is 2. The highest BCUT2D eigenvalue weighted by Gasteiger charge is 2.31. The van der Waals surface area contributed by atoms with Crippen molar-refractivity contribution in [3.8, 4) is 17.1 Å². The van der Waals surface area contributed by atoms with Crippen LogP contribution in [0.4, 0.5) is 23.4 Å². The molecule has 0 aliphatic rings. The van der Waals surface area contributed by atoms with Crippen LogP contribution in [0.1, 0.15) is 5.69 Å². The Kier molecular flexibility index (Phi) is 3.94. The Morgan fingerprint density at radius 1 is 1.14 bits per heavy atom. The van der Waals surface area contributed by atoms with Crippen molar-refractivity contribution in [2.45, 2.75) is 13.3 Å². The molecule has 0 amide bonds. The molecule has 1 aromatic carbocycles. The number of hydrazine groups is 1. The molecule has 0 radical (unpaired) electrons. The van der Waals surface area contributed by atoms with Crippen molar-refractivity contribution < 1.29 is 22.3 Å². The summed E-state index contributed by atoms with van der Waals surface area (Å²) < 4.78 is 53.4. The predicted octanol–water partition coefficient (Wildman–Crippen LogP) is 2.78. The molecule has 0 fully saturated rings. The summed E-state index contributed by atoms with van der Waals surface area (Å²) in [6, 6.07) is 4.88. The van der Waals surface area contributed by atoms with E-state index < -0.39 is 12.2 Å². The van der Waals surface area contributed by atoms with E-state index in [4.69, 9.17) is 5.84 Å². The summed E-state index contributed by atoms with van der Waals surface area (Å²) in [7, 11) is 0. The summed E-state index contributed by atoms with van der Waals surface area (Å²) in [4.78, 5) is 7.75. The maximum atomic E-state index is 13.5. The maximum absolute atomic E-state index is 13.5. The highest BCUT2D eigenvalue weighted by atomic mass is 19.4. The Balaban J connectivity index is 2.33. The van der Waals surface area contributed by atoms with Gasteiger partial charge in [-0.1, -0.05) is 0 Å². The van der Waals surface area contributed by atoms with E-state index in [0.717, 1.165) is 12.1 Å². The molecule has 1 aromatic heterocycles. The number of hydrogen-bond donors (Lipinski definition) is 2. The Morgan fingerprint density at radius 2 is 1.76 bits per heavy atom. The fourth-order valence-corrected chi connectivity index (χ4v) is 1.59. The topological polar surface area (TPSA) is 73.1 Å². The molecule has 0 saturated heterocycles. The number of nitrogen functional groups attached to an aromatic ring is 1. The number of ether oxygens (including phenoxy) is 1. The molecular weight excluding hydrogens is 292 g/mol. The summed E-state index contributed by atoms with van der Waals surface area (Å²) in [6.45, 7) is 1.42. The summed E-state index contributed by atoms with van der Waals surface area (Å²) in [5.41, 5.74) is 2.54. The van der Waals surface area contributed by atoms with Gasteiger partial charge < -0.3 is 10.2 Å². The molecule has 21 heavy (non-hydrogen) atoms. The molecule has 0 atom stereocenters. The van der Waals surface area contributed by atoms with Crippen LogP contribution in [0.15, 0.2) is 24.3 Å². The summed E-state index contributed by atoms with van der Waals surface area (Å²) in [6.07, 6.45) is -4.76. The van der Waals surface area contributed by atoms with E-state index in [1.807, 2.05) is 0 Å². The van der Waals surface area contributed by atoms with Gasteiger partial charge in [0.2, 0.25) is 0 Å². The van der Waals surface area contributed by atoms with Crippen molar-refractivity contribution in [2.75, 3.05) is 5.43 Å². The maximum Gasteiger partial charge on any atom is 0.573 e. The predicted molar refractivity (Wildman–Crippen MR) is 66.7 cm³/mol. The average molecular weight is 302 g/mol. The molecule has 0 spiro atoms. The molecule has 112 valence electrons. The van der Waals surface area contributed by atoms with Crippen LogP contribution in [0.5, 0.6) is 5.75 Å². The Labute approximate surface area is 116 Å². The lowest BCUT2D eigenvalue weighted by Crippen LogP contribution is -2.17. The normalized spacial score (nSPS) is 11.3. The molecule has 0 aliphatic carbocycles. The van der Waals surface area contributed by atoms with E-state index in [9.17, 15) is 17.6 Å². The number of nitrogens with two attached hydrogens (primary N) is 1. The molecule has 0 bridgehead atoms. The van der Waals surface area contributed by atoms with Crippen molar-refractivity contribution in [3.05, 3.63) is 35.8 Å². The Hall–Kier alpha value is -2.42. The van der Waals surface area contributed by atoms with Gasteiger partial charge in [0.05, 0.1) is 5.69 Å². The molecule has 3 N–H and O–H groups in total. The number of alkyl halides is 3. The van der Waals surface area contributed by atoms with Crippen LogP contribution in [0.25, 0.3) is 11.4 Å². The average Bonchev–Trinajstić information content (AvgIpc) is 2.41. The van der Waals surface area contributed by atoms with E-state index in [2.05, 4.69) is 20.1 Å². The zero-order valence-corrected chi connectivity index (χ0v) is 10.7. The van der Waals surface area contributed by atoms with Crippen LogP contribution < -0.4 is 16.0 Å². The molecule has 1 heterocycles. The van der Waals surface area contributed by atoms with Gasteiger partial charge in [0.15, 0.2) is 17.5 Å². The third-order valence-corrected chi connectivity index (χ3v) is 2.50. The smallest absolute Gasteiger partial charge is 0.406 e. The SMILES string of the molecule is Cc1nc(-c2ccc(OC(F)(F)F)cc2)nc(NN)c1F. The number of aryl methyl sites for hydroxylation is 1. The number of anilines is 1. The first-order valence-corrected chi connectivity index (χ1v) is 5.67. The first kappa shape index (κ1) is 15.0. The second-order valence-electron chi connectivity index (χ2n) is 4.01. The zero-order valence-electron chi connectivity index (χ0n) is 10.7. The van der Waals surface area contributed by atoms with Crippen molar-refractivity contribution in [3.63, 3.8) is 0 Å². The second-order valence-corrected chi connectivity index (χ2v) is 4.01. The third kappa shape index (κ3) is 3.57. The van der Waals surface area contributed by atoms with Crippen molar-refractivity contribution in [2.24, 2.45) is 5.84 Å². The van der Waals surface area contributed by atoms with Gasteiger partial charge in [0.25, 0.3) is 0 Å². The van der Waals surface area contributed by atoms with E-state index in [0.29, 0.717) is 5.56 Å². The van der Waals surface area contributed by atoms with Gasteiger partial charge >= 0.3 is 6.36 Å². The Bertz CT molecular complexity index is 643. The quantitative estimate of drug-likeness (QED) is 0.518. The lowest BCUT2D eigenvalue weighted by Gasteiger charge is -2.10. The largest absolute Gasteiger partial charge is 0.573 e. The standard InChI is InChI=1S/C12H10F4N4O/c1-6-9(13)11(20-17)19-10(18-6)7-2-4-8(5-3-7)21-12(14,15)16/h2-5H,17H2,1H3,(H,18,19,20). The van der Waals surface area contributed by atoms with Crippen molar-refractivity contribution in [1.29, 1.82) is 0 Å². The zero-order chi connectivity index (χ0) is 15.6. The molecular formula is C12H10F4N4O.